The second kappa shape index (κ2) is 6.73. The number of benzene rings is 1. The first kappa shape index (κ1) is 14.1. The van der Waals surface area contributed by atoms with Gasteiger partial charge in [0, 0.05) is 19.3 Å². The van der Waals surface area contributed by atoms with Crippen molar-refractivity contribution in [2.24, 2.45) is 5.73 Å². The second-order valence-corrected chi connectivity index (χ2v) is 3.68. The normalized spacial score (nSPS) is 11.9. The highest BCUT2D eigenvalue weighted by molar-refractivity contribution is 5.95. The van der Waals surface area contributed by atoms with Gasteiger partial charge in [-0.25, -0.2) is 0 Å². The van der Waals surface area contributed by atoms with Gasteiger partial charge in [-0.3, -0.25) is 9.59 Å². The van der Waals surface area contributed by atoms with E-state index < -0.39 is 18.0 Å². The average molecular weight is 252 g/mol. The van der Waals surface area contributed by atoms with Crippen molar-refractivity contribution in [2.75, 3.05) is 19.0 Å². The molecule has 1 aromatic rings. The third-order valence-corrected chi connectivity index (χ3v) is 2.41. The average Bonchev–Trinajstić information content (AvgIpc) is 2.32. The van der Waals surface area contributed by atoms with Gasteiger partial charge in [-0.15, -0.1) is 0 Å². The molecule has 6 heteroatoms. The molecule has 98 valence electrons. The molecule has 6 nitrogen and oxygen atoms in total. The van der Waals surface area contributed by atoms with Crippen LogP contribution in [0.25, 0.3) is 0 Å². The number of ether oxygens (including phenoxy) is 1. The van der Waals surface area contributed by atoms with Gasteiger partial charge < -0.3 is 20.9 Å². The summed E-state index contributed by atoms with van der Waals surface area (Å²) in [5, 5.41) is 11.4. The number of carboxylic acids is 1. The SMILES string of the molecule is COC(CN)C(=O)Nc1ccccc1CC(=O)O. The van der Waals surface area contributed by atoms with E-state index in [1.165, 1.54) is 7.11 Å². The number of aliphatic carboxylic acids is 1. The summed E-state index contributed by atoms with van der Waals surface area (Å²) < 4.78 is 4.90. The number of carbonyl (C=O) groups excluding carboxylic acids is 1. The van der Waals surface area contributed by atoms with Crippen LogP contribution in [0, 0.1) is 0 Å². The van der Waals surface area contributed by atoms with E-state index >= 15 is 0 Å². The van der Waals surface area contributed by atoms with E-state index in [0.717, 1.165) is 0 Å². The summed E-state index contributed by atoms with van der Waals surface area (Å²) >= 11 is 0. The van der Waals surface area contributed by atoms with Crippen molar-refractivity contribution in [3.05, 3.63) is 29.8 Å². The molecule has 1 rings (SSSR count). The zero-order chi connectivity index (χ0) is 13.5. The molecule has 0 aliphatic heterocycles. The predicted molar refractivity (Wildman–Crippen MR) is 66.3 cm³/mol. The lowest BCUT2D eigenvalue weighted by Crippen LogP contribution is -2.36. The van der Waals surface area contributed by atoms with Crippen LogP contribution in [-0.4, -0.2) is 36.7 Å². The van der Waals surface area contributed by atoms with E-state index in [1.807, 2.05) is 0 Å². The molecular weight excluding hydrogens is 236 g/mol. The third kappa shape index (κ3) is 3.83. The minimum atomic E-state index is -0.959. The van der Waals surface area contributed by atoms with Crippen LogP contribution in [0.3, 0.4) is 0 Å². The molecular formula is C12H16N2O4. The van der Waals surface area contributed by atoms with Crippen molar-refractivity contribution in [2.45, 2.75) is 12.5 Å². The molecule has 1 amide bonds. The Morgan fingerprint density at radius 3 is 2.67 bits per heavy atom. The molecule has 0 bridgehead atoms. The van der Waals surface area contributed by atoms with Gasteiger partial charge >= 0.3 is 5.97 Å². The zero-order valence-electron chi connectivity index (χ0n) is 10.1. The second-order valence-electron chi connectivity index (χ2n) is 3.68. The fraction of sp³-hybridized carbons (Fsp3) is 0.333. The molecule has 0 fully saturated rings. The van der Waals surface area contributed by atoms with E-state index in [2.05, 4.69) is 5.32 Å². The minimum absolute atomic E-state index is 0.0590. The number of carboxylic acid groups (broad SMARTS) is 1. The lowest BCUT2D eigenvalue weighted by atomic mass is 10.1. The lowest BCUT2D eigenvalue weighted by Gasteiger charge is -2.15. The van der Waals surface area contributed by atoms with Crippen molar-refractivity contribution < 1.29 is 19.4 Å². The molecule has 1 atom stereocenters. The Morgan fingerprint density at radius 1 is 1.44 bits per heavy atom. The van der Waals surface area contributed by atoms with Gasteiger partial charge in [-0.05, 0) is 11.6 Å². The molecule has 1 aromatic carbocycles. The van der Waals surface area contributed by atoms with E-state index in [1.54, 1.807) is 24.3 Å². The van der Waals surface area contributed by atoms with Gasteiger partial charge in [-0.1, -0.05) is 18.2 Å². The molecule has 1 unspecified atom stereocenters. The van der Waals surface area contributed by atoms with Crippen molar-refractivity contribution in [1.29, 1.82) is 0 Å². The molecule has 0 heterocycles. The number of amides is 1. The Morgan fingerprint density at radius 2 is 2.11 bits per heavy atom. The number of hydrogen-bond acceptors (Lipinski definition) is 4. The number of nitrogens with two attached hydrogens (primary N) is 1. The van der Waals surface area contributed by atoms with Crippen LogP contribution in [0.1, 0.15) is 5.56 Å². The molecule has 0 saturated heterocycles. The summed E-state index contributed by atoms with van der Waals surface area (Å²) in [5.74, 6) is -1.35. The van der Waals surface area contributed by atoms with E-state index in [9.17, 15) is 9.59 Å². The highest BCUT2D eigenvalue weighted by Crippen LogP contribution is 2.16. The highest BCUT2D eigenvalue weighted by Gasteiger charge is 2.17. The Hall–Kier alpha value is -1.92. The van der Waals surface area contributed by atoms with Crippen LogP contribution in [0.5, 0.6) is 0 Å². The maximum atomic E-state index is 11.7. The molecule has 0 aliphatic carbocycles. The van der Waals surface area contributed by atoms with Gasteiger partial charge in [-0.2, -0.15) is 0 Å². The lowest BCUT2D eigenvalue weighted by molar-refractivity contribution is -0.136. The number of anilines is 1. The van der Waals surface area contributed by atoms with E-state index in [4.69, 9.17) is 15.6 Å². The summed E-state index contributed by atoms with van der Waals surface area (Å²) in [5.41, 5.74) is 6.37. The van der Waals surface area contributed by atoms with Gasteiger partial charge in [0.15, 0.2) is 0 Å². The van der Waals surface area contributed by atoms with E-state index in [-0.39, 0.29) is 13.0 Å². The van der Waals surface area contributed by atoms with Crippen molar-refractivity contribution >= 4 is 17.6 Å². The number of rotatable bonds is 6. The number of hydrogen-bond donors (Lipinski definition) is 3. The van der Waals surface area contributed by atoms with E-state index in [0.29, 0.717) is 11.3 Å². The summed E-state index contributed by atoms with van der Waals surface area (Å²) in [6.45, 7) is 0.0590. The van der Waals surface area contributed by atoms with Crippen molar-refractivity contribution in [3.63, 3.8) is 0 Å². The Labute approximate surface area is 105 Å². The van der Waals surface area contributed by atoms with Gasteiger partial charge in [0.1, 0.15) is 6.10 Å². The van der Waals surface area contributed by atoms with Gasteiger partial charge in [0.05, 0.1) is 6.42 Å². The van der Waals surface area contributed by atoms with Crippen LogP contribution in [-0.2, 0) is 20.7 Å². The molecule has 0 saturated carbocycles. The quantitative estimate of drug-likeness (QED) is 0.672. The maximum Gasteiger partial charge on any atom is 0.307 e. The summed E-state index contributed by atoms with van der Waals surface area (Å²) in [7, 11) is 1.39. The summed E-state index contributed by atoms with van der Waals surface area (Å²) in [6.07, 6.45) is -0.903. The number of methoxy groups -OCH3 is 1. The van der Waals surface area contributed by atoms with Crippen molar-refractivity contribution in [1.82, 2.24) is 0 Å². The maximum absolute atomic E-state index is 11.7. The molecule has 18 heavy (non-hydrogen) atoms. The van der Waals surface area contributed by atoms with Crippen LogP contribution < -0.4 is 11.1 Å². The van der Waals surface area contributed by atoms with Crippen LogP contribution in [0.15, 0.2) is 24.3 Å². The molecule has 0 aromatic heterocycles. The standard InChI is InChI=1S/C12H16N2O4/c1-18-10(7-13)12(17)14-9-5-3-2-4-8(9)6-11(15)16/h2-5,10H,6-7,13H2,1H3,(H,14,17)(H,15,16). The number of nitrogens with one attached hydrogen (secondary N) is 1. The largest absolute Gasteiger partial charge is 0.481 e. The Balaban J connectivity index is 2.83. The van der Waals surface area contributed by atoms with Crippen molar-refractivity contribution in [3.8, 4) is 0 Å². The minimum Gasteiger partial charge on any atom is -0.481 e. The molecule has 4 N–H and O–H groups in total. The Bertz CT molecular complexity index is 430. The smallest absolute Gasteiger partial charge is 0.307 e. The summed E-state index contributed by atoms with van der Waals surface area (Å²) in [4.78, 5) is 22.4. The fourth-order valence-electron chi connectivity index (χ4n) is 1.48. The molecule has 0 spiro atoms. The highest BCUT2D eigenvalue weighted by atomic mass is 16.5. The predicted octanol–water partition coefficient (Wildman–Crippen LogP) is 0.226. The Kier molecular flexibility index (Phi) is 5.29. The topological polar surface area (TPSA) is 102 Å². The zero-order valence-corrected chi connectivity index (χ0v) is 10.1. The third-order valence-electron chi connectivity index (χ3n) is 2.41. The fourth-order valence-corrected chi connectivity index (χ4v) is 1.48. The first-order chi connectivity index (χ1) is 8.58. The number of carbonyl (C=O) groups is 2. The van der Waals surface area contributed by atoms with Crippen LogP contribution in [0.2, 0.25) is 0 Å². The van der Waals surface area contributed by atoms with Crippen LogP contribution in [0.4, 0.5) is 5.69 Å². The summed E-state index contributed by atoms with van der Waals surface area (Å²) in [6, 6.07) is 6.71. The number of para-hydroxylation sites is 1. The molecule has 0 aliphatic rings. The molecule has 0 radical (unpaired) electrons. The first-order valence-electron chi connectivity index (χ1n) is 5.42. The monoisotopic (exact) mass is 252 g/mol. The van der Waals surface area contributed by atoms with Gasteiger partial charge in [0.25, 0.3) is 5.91 Å². The first-order valence-corrected chi connectivity index (χ1v) is 5.42. The van der Waals surface area contributed by atoms with Gasteiger partial charge in [0.2, 0.25) is 0 Å². The van der Waals surface area contributed by atoms with Crippen LogP contribution >= 0.6 is 0 Å².